The summed E-state index contributed by atoms with van der Waals surface area (Å²) in [7, 11) is 0. The molecule has 1 amide bonds. The number of aliphatic hydroxyl groups is 6. The number of nitrogens with one attached hydrogen (secondary N) is 1. The largest absolute Gasteiger partial charge is 0.394 e. The van der Waals surface area contributed by atoms with Crippen LogP contribution in [0.1, 0.15) is 52.4 Å². The fraction of sp³-hybridized carbons (Fsp3) is 0.955. The van der Waals surface area contributed by atoms with E-state index in [1.807, 2.05) is 0 Å². The molecule has 200 valence electrons. The molecule has 12 nitrogen and oxygen atoms in total. The van der Waals surface area contributed by atoms with Gasteiger partial charge in [-0.3, -0.25) is 4.79 Å². The molecule has 0 aromatic rings. The molecule has 2 heterocycles. The standard InChI is InChI=1S/C22H41NO11/c1-3-4-5-6-7-8-9-31-21-15(23-12(2)26)17(28)20(14(11-25)33-21)34-22-19(30)18(29)16(27)13(10-24)32-22/h13-22,24-25,27-30H,3-11H2,1-2H3,(H,23,26)/t13-,14-,15-,16+,17-,18+,19-,20-,21-,22+/m1/s1. The van der Waals surface area contributed by atoms with Gasteiger partial charge in [0, 0.05) is 13.5 Å². The number of aliphatic hydroxyl groups excluding tert-OH is 6. The van der Waals surface area contributed by atoms with Crippen molar-refractivity contribution in [2.24, 2.45) is 0 Å². The van der Waals surface area contributed by atoms with Crippen LogP contribution in [0.4, 0.5) is 0 Å². The molecule has 2 rings (SSSR count). The predicted octanol–water partition coefficient (Wildman–Crippen LogP) is -1.87. The molecule has 2 saturated heterocycles. The van der Waals surface area contributed by atoms with Crippen molar-refractivity contribution in [3.05, 3.63) is 0 Å². The van der Waals surface area contributed by atoms with Gasteiger partial charge in [0.25, 0.3) is 0 Å². The summed E-state index contributed by atoms with van der Waals surface area (Å²) >= 11 is 0. The lowest BCUT2D eigenvalue weighted by Crippen LogP contribution is -2.67. The van der Waals surface area contributed by atoms with Gasteiger partial charge in [-0.25, -0.2) is 0 Å². The third kappa shape index (κ3) is 7.79. The zero-order valence-corrected chi connectivity index (χ0v) is 19.9. The monoisotopic (exact) mass is 495 g/mol. The Morgan fingerprint density at radius 3 is 2.06 bits per heavy atom. The van der Waals surface area contributed by atoms with Crippen LogP contribution in [-0.2, 0) is 23.7 Å². The minimum Gasteiger partial charge on any atom is -0.394 e. The average molecular weight is 496 g/mol. The van der Waals surface area contributed by atoms with Crippen LogP contribution in [0.25, 0.3) is 0 Å². The van der Waals surface area contributed by atoms with E-state index in [4.69, 9.17) is 18.9 Å². The number of hydrogen-bond acceptors (Lipinski definition) is 11. The van der Waals surface area contributed by atoms with Gasteiger partial charge in [-0.15, -0.1) is 0 Å². The second-order valence-corrected chi connectivity index (χ2v) is 8.88. The Labute approximate surface area is 199 Å². The van der Waals surface area contributed by atoms with E-state index in [1.54, 1.807) is 0 Å². The minimum absolute atomic E-state index is 0.329. The van der Waals surface area contributed by atoms with E-state index < -0.39 is 80.5 Å². The van der Waals surface area contributed by atoms with Gasteiger partial charge in [0.15, 0.2) is 12.6 Å². The van der Waals surface area contributed by atoms with Crippen molar-refractivity contribution in [1.82, 2.24) is 5.32 Å². The summed E-state index contributed by atoms with van der Waals surface area (Å²) in [6.45, 7) is 2.51. The van der Waals surface area contributed by atoms with Crippen LogP contribution in [0.15, 0.2) is 0 Å². The third-order valence-electron chi connectivity index (χ3n) is 6.14. The van der Waals surface area contributed by atoms with E-state index in [1.165, 1.54) is 13.3 Å². The first-order valence-electron chi connectivity index (χ1n) is 12.0. The SMILES string of the molecule is CCCCCCCCO[C@@H]1O[C@H](CO)[C@@H](O[C@@H]2O[C@H](CO)[C@H](O)[C@H](O)[C@H]2O)[C@H](O)[C@H]1NC(C)=O. The van der Waals surface area contributed by atoms with Crippen LogP contribution in [0.3, 0.4) is 0 Å². The molecule has 0 bridgehead atoms. The van der Waals surface area contributed by atoms with Crippen molar-refractivity contribution < 1.29 is 54.4 Å². The lowest BCUT2D eigenvalue weighted by atomic mass is 9.95. The van der Waals surface area contributed by atoms with Crippen LogP contribution >= 0.6 is 0 Å². The Bertz CT molecular complexity index is 595. The van der Waals surface area contributed by atoms with Crippen molar-refractivity contribution >= 4 is 5.91 Å². The molecule has 0 unspecified atom stereocenters. The normalized spacial score (nSPS) is 38.6. The maximum absolute atomic E-state index is 11.8. The summed E-state index contributed by atoms with van der Waals surface area (Å²) in [6, 6.07) is -1.05. The average Bonchev–Trinajstić information content (AvgIpc) is 2.81. The lowest BCUT2D eigenvalue weighted by molar-refractivity contribution is -0.348. The highest BCUT2D eigenvalue weighted by molar-refractivity contribution is 5.73. The zero-order valence-electron chi connectivity index (χ0n) is 19.9. The molecule has 0 radical (unpaired) electrons. The van der Waals surface area contributed by atoms with Gasteiger partial charge < -0.3 is 54.9 Å². The van der Waals surface area contributed by atoms with Crippen LogP contribution in [-0.4, -0.2) is 118 Å². The number of unbranched alkanes of at least 4 members (excludes halogenated alkanes) is 5. The Morgan fingerprint density at radius 1 is 0.824 bits per heavy atom. The van der Waals surface area contributed by atoms with E-state index in [9.17, 15) is 35.4 Å². The van der Waals surface area contributed by atoms with E-state index >= 15 is 0 Å². The molecule has 0 aromatic carbocycles. The number of amides is 1. The van der Waals surface area contributed by atoms with Gasteiger partial charge in [0.05, 0.1) is 13.2 Å². The second-order valence-electron chi connectivity index (χ2n) is 8.88. The van der Waals surface area contributed by atoms with Crippen LogP contribution < -0.4 is 5.32 Å². The fourth-order valence-corrected chi connectivity index (χ4v) is 4.18. The van der Waals surface area contributed by atoms with E-state index in [0.717, 1.165) is 32.1 Å². The number of ether oxygens (including phenoxy) is 4. The van der Waals surface area contributed by atoms with Crippen LogP contribution in [0.2, 0.25) is 0 Å². The first-order chi connectivity index (χ1) is 16.2. The molecule has 0 aromatic heterocycles. The third-order valence-corrected chi connectivity index (χ3v) is 6.14. The highest BCUT2D eigenvalue weighted by atomic mass is 16.7. The fourth-order valence-electron chi connectivity index (χ4n) is 4.18. The van der Waals surface area contributed by atoms with Crippen LogP contribution in [0, 0.1) is 0 Å². The van der Waals surface area contributed by atoms with Crippen molar-refractivity contribution in [3.8, 4) is 0 Å². The number of hydrogen-bond donors (Lipinski definition) is 7. The van der Waals surface area contributed by atoms with E-state index in [2.05, 4.69) is 12.2 Å². The van der Waals surface area contributed by atoms with Gasteiger partial charge >= 0.3 is 0 Å². The van der Waals surface area contributed by atoms with E-state index in [0.29, 0.717) is 6.61 Å². The highest BCUT2D eigenvalue weighted by Crippen LogP contribution is 2.29. The quantitative estimate of drug-likeness (QED) is 0.142. The molecule has 0 saturated carbocycles. The first kappa shape index (κ1) is 29.3. The van der Waals surface area contributed by atoms with Crippen molar-refractivity contribution in [2.75, 3.05) is 19.8 Å². The minimum atomic E-state index is -1.70. The number of carbonyl (C=O) groups is 1. The Balaban J connectivity index is 2.05. The van der Waals surface area contributed by atoms with Crippen molar-refractivity contribution in [3.63, 3.8) is 0 Å². The predicted molar refractivity (Wildman–Crippen MR) is 117 cm³/mol. The molecule has 34 heavy (non-hydrogen) atoms. The highest BCUT2D eigenvalue weighted by Gasteiger charge is 2.51. The molecule has 2 aliphatic heterocycles. The Kier molecular flexibility index (Phi) is 12.6. The topological polar surface area (TPSA) is 187 Å². The smallest absolute Gasteiger partial charge is 0.217 e. The van der Waals surface area contributed by atoms with Crippen molar-refractivity contribution in [2.45, 2.75) is 114 Å². The zero-order chi connectivity index (χ0) is 25.3. The second kappa shape index (κ2) is 14.6. The van der Waals surface area contributed by atoms with E-state index in [-0.39, 0.29) is 0 Å². The van der Waals surface area contributed by atoms with Crippen molar-refractivity contribution in [1.29, 1.82) is 0 Å². The van der Waals surface area contributed by atoms with Crippen LogP contribution in [0.5, 0.6) is 0 Å². The lowest BCUT2D eigenvalue weighted by Gasteiger charge is -2.47. The molecule has 2 aliphatic rings. The molecule has 2 fully saturated rings. The molecular weight excluding hydrogens is 454 g/mol. The maximum atomic E-state index is 11.8. The summed E-state index contributed by atoms with van der Waals surface area (Å²) in [5.41, 5.74) is 0. The number of carbonyl (C=O) groups excluding carboxylic acids is 1. The summed E-state index contributed by atoms with van der Waals surface area (Å²) < 4.78 is 22.6. The molecular formula is C22H41NO11. The molecule has 0 spiro atoms. The van der Waals surface area contributed by atoms with Gasteiger partial charge in [0.1, 0.15) is 48.8 Å². The molecule has 10 atom stereocenters. The van der Waals surface area contributed by atoms with Gasteiger partial charge in [-0.1, -0.05) is 39.0 Å². The summed E-state index contributed by atoms with van der Waals surface area (Å²) in [5, 5.41) is 63.0. The molecule has 0 aliphatic carbocycles. The summed E-state index contributed by atoms with van der Waals surface area (Å²) in [6.07, 6.45) is -6.33. The van der Waals surface area contributed by atoms with Gasteiger partial charge in [0.2, 0.25) is 5.91 Å². The first-order valence-corrected chi connectivity index (χ1v) is 12.0. The summed E-state index contributed by atoms with van der Waals surface area (Å²) in [4.78, 5) is 11.8. The Hall–Kier alpha value is -0.930. The maximum Gasteiger partial charge on any atom is 0.217 e. The number of rotatable bonds is 13. The Morgan fingerprint density at radius 2 is 1.44 bits per heavy atom. The van der Waals surface area contributed by atoms with Gasteiger partial charge in [-0.2, -0.15) is 0 Å². The molecule has 12 heteroatoms. The van der Waals surface area contributed by atoms with Gasteiger partial charge in [-0.05, 0) is 6.42 Å². The summed E-state index contributed by atoms with van der Waals surface area (Å²) in [5.74, 6) is -0.449. The molecule has 7 N–H and O–H groups in total.